The van der Waals surface area contributed by atoms with Crippen LogP contribution < -0.4 is 9.62 Å². The van der Waals surface area contributed by atoms with E-state index in [2.05, 4.69) is 5.32 Å². The SMILES string of the molecule is CNC(=O)[C@@H](Cc1ccccc1)N(Cc1ccc(Cl)cc1)C(=O)CCCN(c1cccc(C)c1C)S(C)(=O)=O. The van der Waals surface area contributed by atoms with Crippen molar-refractivity contribution < 1.29 is 18.0 Å². The van der Waals surface area contributed by atoms with E-state index in [1.807, 2.05) is 68.4 Å². The third kappa shape index (κ3) is 8.31. The van der Waals surface area contributed by atoms with Crippen molar-refractivity contribution in [2.24, 2.45) is 0 Å². The van der Waals surface area contributed by atoms with Gasteiger partial charge in [0.05, 0.1) is 11.9 Å². The highest BCUT2D eigenvalue weighted by Gasteiger charge is 2.30. The number of carbonyl (C=O) groups excluding carboxylic acids is 2. The molecule has 1 N–H and O–H groups in total. The molecule has 9 heteroatoms. The smallest absolute Gasteiger partial charge is 0.242 e. The second-order valence-electron chi connectivity index (χ2n) is 9.63. The molecule has 0 unspecified atom stereocenters. The molecule has 0 aromatic heterocycles. The van der Waals surface area contributed by atoms with Gasteiger partial charge in [0, 0.05) is 38.0 Å². The Hall–Kier alpha value is -3.36. The summed E-state index contributed by atoms with van der Waals surface area (Å²) in [5.41, 5.74) is 4.23. The molecule has 0 bridgehead atoms. The minimum Gasteiger partial charge on any atom is -0.357 e. The molecule has 3 aromatic carbocycles. The average molecular weight is 570 g/mol. The van der Waals surface area contributed by atoms with Gasteiger partial charge in [-0.15, -0.1) is 0 Å². The Labute approximate surface area is 236 Å². The number of nitrogens with one attached hydrogen (secondary N) is 1. The lowest BCUT2D eigenvalue weighted by Gasteiger charge is -2.32. The molecular weight excluding hydrogens is 534 g/mol. The van der Waals surface area contributed by atoms with Gasteiger partial charge in [0.25, 0.3) is 0 Å². The molecule has 0 aliphatic rings. The van der Waals surface area contributed by atoms with E-state index in [-0.39, 0.29) is 31.3 Å². The van der Waals surface area contributed by atoms with Crippen molar-refractivity contribution in [1.29, 1.82) is 0 Å². The minimum atomic E-state index is -3.57. The Morgan fingerprint density at radius 1 is 0.923 bits per heavy atom. The highest BCUT2D eigenvalue weighted by atomic mass is 35.5. The van der Waals surface area contributed by atoms with Crippen LogP contribution in [0.1, 0.15) is 35.1 Å². The first-order chi connectivity index (χ1) is 18.5. The molecule has 0 spiro atoms. The molecule has 2 amide bonds. The third-order valence-corrected chi connectivity index (χ3v) is 8.21. The Balaban J connectivity index is 1.86. The van der Waals surface area contributed by atoms with E-state index in [9.17, 15) is 18.0 Å². The number of benzene rings is 3. The Morgan fingerprint density at radius 2 is 1.59 bits per heavy atom. The van der Waals surface area contributed by atoms with Crippen molar-refractivity contribution in [3.05, 3.63) is 100 Å². The molecule has 0 saturated heterocycles. The summed E-state index contributed by atoms with van der Waals surface area (Å²) >= 11 is 6.06. The number of hydrogen-bond donors (Lipinski definition) is 1. The molecule has 0 heterocycles. The van der Waals surface area contributed by atoms with Gasteiger partial charge in [0.2, 0.25) is 21.8 Å². The summed E-state index contributed by atoms with van der Waals surface area (Å²) in [4.78, 5) is 28.3. The van der Waals surface area contributed by atoms with E-state index < -0.39 is 16.1 Å². The molecule has 0 radical (unpaired) electrons. The molecule has 1 atom stereocenters. The van der Waals surface area contributed by atoms with Gasteiger partial charge in [-0.05, 0) is 60.7 Å². The first-order valence-electron chi connectivity index (χ1n) is 12.8. The molecular formula is C30H36ClN3O4S. The minimum absolute atomic E-state index is 0.0761. The number of sulfonamides is 1. The van der Waals surface area contributed by atoms with Crippen LogP contribution in [-0.2, 0) is 32.6 Å². The zero-order chi connectivity index (χ0) is 28.6. The lowest BCUT2D eigenvalue weighted by Crippen LogP contribution is -2.49. The Bertz CT molecular complexity index is 1380. The van der Waals surface area contributed by atoms with Crippen molar-refractivity contribution in [2.45, 2.75) is 45.7 Å². The number of anilines is 1. The summed E-state index contributed by atoms with van der Waals surface area (Å²) < 4.78 is 26.7. The second-order valence-corrected chi connectivity index (χ2v) is 12.0. The van der Waals surface area contributed by atoms with Crippen LogP contribution in [0.2, 0.25) is 5.02 Å². The van der Waals surface area contributed by atoms with Crippen molar-refractivity contribution >= 4 is 39.1 Å². The number of halogens is 1. The number of aryl methyl sites for hydroxylation is 1. The average Bonchev–Trinajstić information content (AvgIpc) is 2.91. The lowest BCUT2D eigenvalue weighted by atomic mass is 10.0. The van der Waals surface area contributed by atoms with Gasteiger partial charge in [-0.25, -0.2) is 8.42 Å². The van der Waals surface area contributed by atoms with Gasteiger partial charge < -0.3 is 10.2 Å². The summed E-state index contributed by atoms with van der Waals surface area (Å²) in [5.74, 6) is -0.502. The molecule has 3 rings (SSSR count). The van der Waals surface area contributed by atoms with E-state index in [1.54, 1.807) is 30.1 Å². The van der Waals surface area contributed by atoms with Crippen molar-refractivity contribution in [3.63, 3.8) is 0 Å². The summed E-state index contributed by atoms with van der Waals surface area (Å²) in [5, 5.41) is 3.28. The predicted molar refractivity (Wildman–Crippen MR) is 157 cm³/mol. The van der Waals surface area contributed by atoms with E-state index in [0.29, 0.717) is 23.6 Å². The molecule has 208 valence electrons. The van der Waals surface area contributed by atoms with Gasteiger partial charge in [-0.3, -0.25) is 13.9 Å². The largest absolute Gasteiger partial charge is 0.357 e. The third-order valence-electron chi connectivity index (χ3n) is 6.78. The second kappa shape index (κ2) is 13.6. The van der Waals surface area contributed by atoms with Crippen LogP contribution in [0.25, 0.3) is 0 Å². The molecule has 39 heavy (non-hydrogen) atoms. The summed E-state index contributed by atoms with van der Waals surface area (Å²) in [6.07, 6.45) is 1.89. The molecule has 0 fully saturated rings. The number of likely N-dealkylation sites (N-methyl/N-ethyl adjacent to an activating group) is 1. The van der Waals surface area contributed by atoms with Gasteiger partial charge in [0.15, 0.2) is 0 Å². The maximum atomic E-state index is 13.7. The summed E-state index contributed by atoms with van der Waals surface area (Å²) in [6.45, 7) is 4.18. The van der Waals surface area contributed by atoms with Crippen LogP contribution in [0, 0.1) is 13.8 Å². The highest BCUT2D eigenvalue weighted by Crippen LogP contribution is 2.26. The molecule has 0 aliphatic carbocycles. The maximum Gasteiger partial charge on any atom is 0.242 e. The molecule has 3 aromatic rings. The number of nitrogens with zero attached hydrogens (tertiary/aromatic N) is 2. The number of hydrogen-bond acceptors (Lipinski definition) is 4. The van der Waals surface area contributed by atoms with E-state index in [4.69, 9.17) is 11.6 Å². The van der Waals surface area contributed by atoms with Crippen LogP contribution in [0.15, 0.2) is 72.8 Å². The van der Waals surface area contributed by atoms with Crippen molar-refractivity contribution in [1.82, 2.24) is 10.2 Å². The van der Waals surface area contributed by atoms with Crippen molar-refractivity contribution in [2.75, 3.05) is 24.2 Å². The first kappa shape index (κ1) is 30.2. The number of rotatable bonds is 12. The topological polar surface area (TPSA) is 86.8 Å². The fourth-order valence-corrected chi connectivity index (χ4v) is 5.64. The van der Waals surface area contributed by atoms with Crippen molar-refractivity contribution in [3.8, 4) is 0 Å². The van der Waals surface area contributed by atoms with Gasteiger partial charge in [-0.1, -0.05) is 66.2 Å². The zero-order valence-corrected chi connectivity index (χ0v) is 24.4. The van der Waals surface area contributed by atoms with E-state index in [0.717, 1.165) is 22.3 Å². The standard InChI is InChI=1S/C30H36ClN3O4S/c1-22-10-8-13-27(23(22)2)34(39(4,37)38)19-9-14-29(35)33(21-25-15-17-26(31)18-16-25)28(30(36)32-3)20-24-11-6-5-7-12-24/h5-8,10-13,15-18,28H,9,14,19-21H2,1-4H3,(H,32,36)/t28-/m1/s1. The molecule has 0 aliphatic heterocycles. The predicted octanol–water partition coefficient (Wildman–Crippen LogP) is 4.89. The summed E-state index contributed by atoms with van der Waals surface area (Å²) in [7, 11) is -2.02. The highest BCUT2D eigenvalue weighted by molar-refractivity contribution is 7.92. The fourth-order valence-electron chi connectivity index (χ4n) is 4.50. The van der Waals surface area contributed by atoms with Gasteiger partial charge in [-0.2, -0.15) is 0 Å². The van der Waals surface area contributed by atoms with E-state index in [1.165, 1.54) is 10.6 Å². The van der Waals surface area contributed by atoms with Gasteiger partial charge in [0.1, 0.15) is 6.04 Å². The van der Waals surface area contributed by atoms with E-state index >= 15 is 0 Å². The van der Waals surface area contributed by atoms with Crippen LogP contribution in [0.3, 0.4) is 0 Å². The molecule has 7 nitrogen and oxygen atoms in total. The van der Waals surface area contributed by atoms with Crippen LogP contribution >= 0.6 is 11.6 Å². The number of amides is 2. The van der Waals surface area contributed by atoms with Gasteiger partial charge >= 0.3 is 0 Å². The monoisotopic (exact) mass is 569 g/mol. The lowest BCUT2D eigenvalue weighted by molar-refractivity contribution is -0.141. The van der Waals surface area contributed by atoms with Crippen LogP contribution in [0.4, 0.5) is 5.69 Å². The van der Waals surface area contributed by atoms with Crippen LogP contribution in [-0.4, -0.2) is 51.0 Å². The number of carbonyl (C=O) groups is 2. The Morgan fingerprint density at radius 3 is 2.21 bits per heavy atom. The van der Waals surface area contributed by atoms with Crippen LogP contribution in [0.5, 0.6) is 0 Å². The molecule has 0 saturated carbocycles. The normalized spacial score (nSPS) is 12.0. The summed E-state index contributed by atoms with van der Waals surface area (Å²) in [6, 6.07) is 21.5. The fraction of sp³-hybridized carbons (Fsp3) is 0.333. The maximum absolute atomic E-state index is 13.7. The Kier molecular flexibility index (Phi) is 10.5. The quantitative estimate of drug-likeness (QED) is 0.336. The zero-order valence-electron chi connectivity index (χ0n) is 22.9. The first-order valence-corrected chi connectivity index (χ1v) is 15.1.